The quantitative estimate of drug-likeness (QED) is 0.777. The summed E-state index contributed by atoms with van der Waals surface area (Å²) in [7, 11) is 0. The number of rotatable bonds is 6. The van der Waals surface area contributed by atoms with Gasteiger partial charge in [-0.05, 0) is 37.8 Å². The minimum atomic E-state index is -0.937. The van der Waals surface area contributed by atoms with E-state index in [2.05, 4.69) is 24.1 Å². The normalized spacial score (nSPS) is 14.2. The van der Waals surface area contributed by atoms with Crippen LogP contribution >= 0.6 is 0 Å². The summed E-state index contributed by atoms with van der Waals surface area (Å²) in [6, 6.07) is 2.49. The molecular formula is C14H21FN2O2. The smallest absolute Gasteiger partial charge is 0.252 e. The van der Waals surface area contributed by atoms with Crippen molar-refractivity contribution in [2.45, 2.75) is 39.2 Å². The Hall–Kier alpha value is -1.49. The summed E-state index contributed by atoms with van der Waals surface area (Å²) in [6.07, 6.45) is 2.68. The zero-order valence-electron chi connectivity index (χ0n) is 11.6. The standard InChI is InChI=1S/C14H21FN2O2/c1-10(2)6-7-14(3,19)9-17-13(18)11-4-5-12(15)16-8-11/h4-5,8,10,19H,6-7,9H2,1-3H3,(H,17,18). The number of aliphatic hydroxyl groups is 1. The SMILES string of the molecule is CC(C)CCC(C)(O)CNC(=O)c1ccc(F)nc1. The molecule has 4 nitrogen and oxygen atoms in total. The molecule has 19 heavy (non-hydrogen) atoms. The zero-order chi connectivity index (χ0) is 14.5. The van der Waals surface area contributed by atoms with Gasteiger partial charge in [0.1, 0.15) is 0 Å². The lowest BCUT2D eigenvalue weighted by Gasteiger charge is -2.24. The molecule has 0 bridgehead atoms. The van der Waals surface area contributed by atoms with E-state index in [9.17, 15) is 14.3 Å². The Bertz CT molecular complexity index is 416. The number of carbonyl (C=O) groups is 1. The third-order valence-electron chi connectivity index (χ3n) is 2.88. The van der Waals surface area contributed by atoms with Crippen LogP contribution in [0.15, 0.2) is 18.3 Å². The minimum absolute atomic E-state index is 0.163. The molecule has 1 aromatic heterocycles. The maximum atomic E-state index is 12.6. The van der Waals surface area contributed by atoms with E-state index in [1.54, 1.807) is 6.92 Å². The van der Waals surface area contributed by atoms with Crippen LogP contribution in [0.4, 0.5) is 4.39 Å². The van der Waals surface area contributed by atoms with Crippen molar-refractivity contribution in [3.05, 3.63) is 29.8 Å². The van der Waals surface area contributed by atoms with Crippen molar-refractivity contribution >= 4 is 5.91 Å². The van der Waals surface area contributed by atoms with Gasteiger partial charge in [0.2, 0.25) is 5.95 Å². The molecule has 2 N–H and O–H groups in total. The molecule has 0 saturated carbocycles. The molecule has 1 aromatic rings. The topological polar surface area (TPSA) is 62.2 Å². The van der Waals surface area contributed by atoms with Crippen molar-refractivity contribution in [2.75, 3.05) is 6.54 Å². The first-order valence-electron chi connectivity index (χ1n) is 6.42. The molecule has 0 radical (unpaired) electrons. The molecule has 1 heterocycles. The molecule has 106 valence electrons. The van der Waals surface area contributed by atoms with Crippen LogP contribution < -0.4 is 5.32 Å². The number of nitrogens with one attached hydrogen (secondary N) is 1. The summed E-state index contributed by atoms with van der Waals surface area (Å²) >= 11 is 0. The molecular weight excluding hydrogens is 247 g/mol. The van der Waals surface area contributed by atoms with Crippen LogP contribution in [0.2, 0.25) is 0 Å². The van der Waals surface area contributed by atoms with Crippen molar-refractivity contribution < 1.29 is 14.3 Å². The average Bonchev–Trinajstić information content (AvgIpc) is 2.35. The van der Waals surface area contributed by atoms with Gasteiger partial charge in [-0.3, -0.25) is 4.79 Å². The van der Waals surface area contributed by atoms with Gasteiger partial charge in [-0.15, -0.1) is 0 Å². The van der Waals surface area contributed by atoms with Gasteiger partial charge in [-0.25, -0.2) is 4.98 Å². The molecule has 5 heteroatoms. The first-order valence-corrected chi connectivity index (χ1v) is 6.42. The molecule has 1 rings (SSSR count). The number of hydrogen-bond acceptors (Lipinski definition) is 3. The molecule has 1 atom stereocenters. The van der Waals surface area contributed by atoms with Gasteiger partial charge in [0.05, 0.1) is 11.2 Å². The average molecular weight is 268 g/mol. The van der Waals surface area contributed by atoms with E-state index in [1.807, 2.05) is 0 Å². The summed E-state index contributed by atoms with van der Waals surface area (Å²) in [6.45, 7) is 6.02. The van der Waals surface area contributed by atoms with Crippen LogP contribution in [0, 0.1) is 11.9 Å². The molecule has 0 fully saturated rings. The Labute approximate surface area is 113 Å². The largest absolute Gasteiger partial charge is 0.388 e. The molecule has 0 spiro atoms. The van der Waals surface area contributed by atoms with Crippen molar-refractivity contribution in [3.8, 4) is 0 Å². The van der Waals surface area contributed by atoms with Crippen molar-refractivity contribution in [3.63, 3.8) is 0 Å². The van der Waals surface area contributed by atoms with Crippen molar-refractivity contribution in [1.82, 2.24) is 10.3 Å². The lowest BCUT2D eigenvalue weighted by atomic mass is 9.95. The number of nitrogens with zero attached hydrogens (tertiary/aromatic N) is 1. The highest BCUT2D eigenvalue weighted by Gasteiger charge is 2.21. The van der Waals surface area contributed by atoms with Crippen LogP contribution in [-0.2, 0) is 0 Å². The van der Waals surface area contributed by atoms with E-state index >= 15 is 0 Å². The molecule has 0 aliphatic carbocycles. The van der Waals surface area contributed by atoms with Gasteiger partial charge in [-0.1, -0.05) is 13.8 Å². The van der Waals surface area contributed by atoms with Crippen LogP contribution in [0.25, 0.3) is 0 Å². The number of halogens is 1. The molecule has 1 unspecified atom stereocenters. The first-order chi connectivity index (χ1) is 8.80. The van der Waals surface area contributed by atoms with Crippen LogP contribution in [0.3, 0.4) is 0 Å². The number of carbonyl (C=O) groups excluding carboxylic acids is 1. The monoisotopic (exact) mass is 268 g/mol. The van der Waals surface area contributed by atoms with Gasteiger partial charge in [-0.2, -0.15) is 4.39 Å². The Morgan fingerprint density at radius 1 is 1.53 bits per heavy atom. The fourth-order valence-corrected chi connectivity index (χ4v) is 1.57. The highest BCUT2D eigenvalue weighted by molar-refractivity contribution is 5.93. The van der Waals surface area contributed by atoms with E-state index in [0.717, 1.165) is 12.5 Å². The third kappa shape index (κ3) is 5.79. The zero-order valence-corrected chi connectivity index (χ0v) is 11.6. The summed E-state index contributed by atoms with van der Waals surface area (Å²) in [4.78, 5) is 15.2. The summed E-state index contributed by atoms with van der Waals surface area (Å²) < 4.78 is 12.6. The van der Waals surface area contributed by atoms with E-state index in [-0.39, 0.29) is 18.0 Å². The van der Waals surface area contributed by atoms with E-state index in [4.69, 9.17) is 0 Å². The van der Waals surface area contributed by atoms with E-state index in [0.29, 0.717) is 12.3 Å². The summed E-state index contributed by atoms with van der Waals surface area (Å²) in [5.74, 6) is -0.485. The minimum Gasteiger partial charge on any atom is -0.388 e. The molecule has 0 saturated heterocycles. The van der Waals surface area contributed by atoms with Crippen molar-refractivity contribution in [2.24, 2.45) is 5.92 Å². The number of pyridine rings is 1. The maximum absolute atomic E-state index is 12.6. The highest BCUT2D eigenvalue weighted by Crippen LogP contribution is 2.15. The van der Waals surface area contributed by atoms with Gasteiger partial charge in [0.25, 0.3) is 5.91 Å². The fourth-order valence-electron chi connectivity index (χ4n) is 1.57. The molecule has 0 aliphatic heterocycles. The van der Waals surface area contributed by atoms with Crippen LogP contribution in [-0.4, -0.2) is 28.1 Å². The van der Waals surface area contributed by atoms with Gasteiger partial charge in [0.15, 0.2) is 0 Å². The van der Waals surface area contributed by atoms with E-state index in [1.165, 1.54) is 12.3 Å². The second-order valence-corrected chi connectivity index (χ2v) is 5.48. The number of hydrogen-bond donors (Lipinski definition) is 2. The Morgan fingerprint density at radius 2 is 2.21 bits per heavy atom. The first kappa shape index (κ1) is 15.6. The Balaban J connectivity index is 2.47. The van der Waals surface area contributed by atoms with Crippen LogP contribution in [0.1, 0.15) is 44.0 Å². The summed E-state index contributed by atoms with van der Waals surface area (Å²) in [5, 5.41) is 12.7. The van der Waals surface area contributed by atoms with Crippen LogP contribution in [0.5, 0.6) is 0 Å². The van der Waals surface area contributed by atoms with Gasteiger partial charge >= 0.3 is 0 Å². The Morgan fingerprint density at radius 3 is 2.74 bits per heavy atom. The molecule has 0 aliphatic rings. The number of amides is 1. The molecule has 1 amide bonds. The third-order valence-corrected chi connectivity index (χ3v) is 2.88. The second kappa shape index (κ2) is 6.61. The summed E-state index contributed by atoms with van der Waals surface area (Å²) in [5.41, 5.74) is -0.658. The van der Waals surface area contributed by atoms with Crippen molar-refractivity contribution in [1.29, 1.82) is 0 Å². The highest BCUT2D eigenvalue weighted by atomic mass is 19.1. The maximum Gasteiger partial charge on any atom is 0.252 e. The Kier molecular flexibility index (Phi) is 5.42. The van der Waals surface area contributed by atoms with E-state index < -0.39 is 11.5 Å². The van der Waals surface area contributed by atoms with Gasteiger partial charge in [0, 0.05) is 12.7 Å². The lowest BCUT2D eigenvalue weighted by Crippen LogP contribution is -2.40. The predicted molar refractivity (Wildman–Crippen MR) is 71.2 cm³/mol. The van der Waals surface area contributed by atoms with Gasteiger partial charge < -0.3 is 10.4 Å². The second-order valence-electron chi connectivity index (χ2n) is 5.48. The lowest BCUT2D eigenvalue weighted by molar-refractivity contribution is 0.0429. The molecule has 0 aromatic carbocycles. The predicted octanol–water partition coefficient (Wildman–Crippen LogP) is 2.14. The number of aromatic nitrogens is 1. The fraction of sp³-hybridized carbons (Fsp3) is 0.571.